The van der Waals surface area contributed by atoms with E-state index in [0.29, 0.717) is 13.0 Å². The van der Waals surface area contributed by atoms with Gasteiger partial charge in [0.1, 0.15) is 0 Å². The zero-order chi connectivity index (χ0) is 10.9. The maximum atomic E-state index is 10.2. The van der Waals surface area contributed by atoms with Gasteiger partial charge in [0.15, 0.2) is 0 Å². The van der Waals surface area contributed by atoms with Gasteiger partial charge in [-0.05, 0) is 19.3 Å². The summed E-state index contributed by atoms with van der Waals surface area (Å²) < 4.78 is 19.4. The number of hydrogen-bond acceptors (Lipinski definition) is 3. The molecule has 2 N–H and O–H groups in total. The third kappa shape index (κ3) is 11.6. The lowest BCUT2D eigenvalue weighted by atomic mass is 10.2. The first kappa shape index (κ1) is 13.7. The van der Waals surface area contributed by atoms with Crippen LogP contribution >= 0.6 is 7.82 Å². The molecular weight excluding hydrogens is 207 g/mol. The van der Waals surface area contributed by atoms with E-state index in [-0.39, 0.29) is 6.61 Å². The van der Waals surface area contributed by atoms with Gasteiger partial charge in [0.05, 0.1) is 19.5 Å². The second kappa shape index (κ2) is 8.00. The molecule has 0 aliphatic heterocycles. The second-order valence-corrected chi connectivity index (χ2v) is 4.01. The normalized spacial score (nSPS) is 11.3. The molecule has 0 bridgehead atoms. The van der Waals surface area contributed by atoms with E-state index in [1.807, 2.05) is 0 Å². The molecule has 0 aliphatic rings. The quantitative estimate of drug-likeness (QED) is 0.355. The Labute approximate surface area is 84.0 Å². The molecule has 0 aromatic carbocycles. The fourth-order valence-electron chi connectivity index (χ4n) is 0.908. The lowest BCUT2D eigenvalue weighted by molar-refractivity contribution is 0.191. The molecule has 0 rings (SSSR count). The van der Waals surface area contributed by atoms with Crippen molar-refractivity contribution in [3.63, 3.8) is 0 Å². The Bertz CT molecular complexity index is 188. The highest BCUT2D eigenvalue weighted by Crippen LogP contribution is 2.35. The van der Waals surface area contributed by atoms with E-state index in [9.17, 15) is 4.57 Å². The number of unbranched alkanes of at least 4 members (excludes halogenated alkanes) is 3. The lowest BCUT2D eigenvalue weighted by Gasteiger charge is -2.04. The summed E-state index contributed by atoms with van der Waals surface area (Å²) in [6, 6.07) is 0. The maximum Gasteiger partial charge on any atom is 0.469 e. The summed E-state index contributed by atoms with van der Waals surface area (Å²) in [6.07, 6.45) is 4.80. The summed E-state index contributed by atoms with van der Waals surface area (Å²) in [7, 11) is -4.27. The van der Waals surface area contributed by atoms with Crippen LogP contribution in [0.3, 0.4) is 0 Å². The standard InChI is InChI=1S/C8H17O5P/c1-2-12-7-5-3-4-6-8-13-14(9,10)11/h2H,1,3-8H2,(H2,9,10,11). The summed E-state index contributed by atoms with van der Waals surface area (Å²) >= 11 is 0. The first-order chi connectivity index (χ1) is 6.56. The van der Waals surface area contributed by atoms with Crippen LogP contribution in [0.25, 0.3) is 0 Å². The third-order valence-corrected chi connectivity index (χ3v) is 2.05. The highest BCUT2D eigenvalue weighted by atomic mass is 31.2. The van der Waals surface area contributed by atoms with Crippen molar-refractivity contribution in [2.24, 2.45) is 0 Å². The van der Waals surface area contributed by atoms with Gasteiger partial charge in [-0.25, -0.2) is 4.57 Å². The summed E-state index contributed by atoms with van der Waals surface area (Å²) in [5.74, 6) is 0. The Balaban J connectivity index is 3.07. The van der Waals surface area contributed by atoms with Crippen LogP contribution in [-0.2, 0) is 13.8 Å². The van der Waals surface area contributed by atoms with Gasteiger partial charge in [-0.1, -0.05) is 13.0 Å². The molecule has 0 aromatic heterocycles. The van der Waals surface area contributed by atoms with E-state index in [0.717, 1.165) is 19.3 Å². The van der Waals surface area contributed by atoms with Gasteiger partial charge >= 0.3 is 7.82 Å². The van der Waals surface area contributed by atoms with Gasteiger partial charge < -0.3 is 14.5 Å². The molecule has 5 nitrogen and oxygen atoms in total. The minimum absolute atomic E-state index is 0.104. The summed E-state index contributed by atoms with van der Waals surface area (Å²) in [5.41, 5.74) is 0. The van der Waals surface area contributed by atoms with Crippen LogP contribution < -0.4 is 0 Å². The fraction of sp³-hybridized carbons (Fsp3) is 0.750. The maximum absolute atomic E-state index is 10.2. The minimum atomic E-state index is -4.27. The fourth-order valence-corrected chi connectivity index (χ4v) is 1.27. The molecule has 0 unspecified atom stereocenters. The van der Waals surface area contributed by atoms with Crippen LogP contribution in [0.4, 0.5) is 0 Å². The summed E-state index contributed by atoms with van der Waals surface area (Å²) in [5, 5.41) is 0. The Morgan fingerprint density at radius 2 is 1.71 bits per heavy atom. The molecule has 84 valence electrons. The highest BCUT2D eigenvalue weighted by Gasteiger charge is 2.12. The lowest BCUT2D eigenvalue weighted by Crippen LogP contribution is -1.93. The van der Waals surface area contributed by atoms with Gasteiger partial charge in [-0.15, -0.1) is 0 Å². The van der Waals surface area contributed by atoms with Crippen LogP contribution in [0.15, 0.2) is 12.8 Å². The molecule has 0 fully saturated rings. The number of hydrogen-bond donors (Lipinski definition) is 2. The van der Waals surface area contributed by atoms with Crippen LogP contribution in [0.5, 0.6) is 0 Å². The Morgan fingerprint density at radius 1 is 1.14 bits per heavy atom. The number of rotatable bonds is 9. The predicted octanol–water partition coefficient (Wildman–Crippen LogP) is 1.82. The topological polar surface area (TPSA) is 76.0 Å². The van der Waals surface area contributed by atoms with E-state index in [1.165, 1.54) is 6.26 Å². The minimum Gasteiger partial charge on any atom is -0.502 e. The van der Waals surface area contributed by atoms with Crippen LogP contribution in [0.2, 0.25) is 0 Å². The third-order valence-electron chi connectivity index (χ3n) is 1.53. The van der Waals surface area contributed by atoms with Crippen molar-refractivity contribution >= 4 is 7.82 Å². The van der Waals surface area contributed by atoms with Crippen molar-refractivity contribution < 1.29 is 23.6 Å². The number of phosphoric acid groups is 1. The number of ether oxygens (including phenoxy) is 1. The van der Waals surface area contributed by atoms with E-state index < -0.39 is 7.82 Å². The Morgan fingerprint density at radius 3 is 2.21 bits per heavy atom. The summed E-state index contributed by atoms with van der Waals surface area (Å²) in [4.78, 5) is 16.7. The van der Waals surface area contributed by atoms with Gasteiger partial charge in [-0.2, -0.15) is 0 Å². The van der Waals surface area contributed by atoms with Gasteiger partial charge in [-0.3, -0.25) is 4.52 Å². The van der Waals surface area contributed by atoms with Crippen molar-refractivity contribution in [1.29, 1.82) is 0 Å². The summed E-state index contributed by atoms with van der Waals surface area (Å²) in [6.45, 7) is 4.15. The van der Waals surface area contributed by atoms with Gasteiger partial charge in [0.25, 0.3) is 0 Å². The smallest absolute Gasteiger partial charge is 0.469 e. The highest BCUT2D eigenvalue weighted by molar-refractivity contribution is 7.46. The van der Waals surface area contributed by atoms with E-state index in [2.05, 4.69) is 11.1 Å². The van der Waals surface area contributed by atoms with Crippen LogP contribution in [-0.4, -0.2) is 23.0 Å². The predicted molar refractivity (Wildman–Crippen MR) is 52.6 cm³/mol. The molecule has 0 aliphatic carbocycles. The zero-order valence-corrected chi connectivity index (χ0v) is 8.99. The average Bonchev–Trinajstić information content (AvgIpc) is 2.08. The largest absolute Gasteiger partial charge is 0.502 e. The molecule has 0 aromatic rings. The van der Waals surface area contributed by atoms with E-state index >= 15 is 0 Å². The SMILES string of the molecule is C=COCCCCCCOP(=O)(O)O. The first-order valence-electron chi connectivity index (χ1n) is 4.49. The van der Waals surface area contributed by atoms with Gasteiger partial charge in [0.2, 0.25) is 0 Å². The molecule has 0 spiro atoms. The molecule has 14 heavy (non-hydrogen) atoms. The van der Waals surface area contributed by atoms with Crippen molar-refractivity contribution in [3.05, 3.63) is 12.8 Å². The van der Waals surface area contributed by atoms with Crippen LogP contribution in [0.1, 0.15) is 25.7 Å². The van der Waals surface area contributed by atoms with Crippen LogP contribution in [0, 0.1) is 0 Å². The van der Waals surface area contributed by atoms with Gasteiger partial charge in [0, 0.05) is 0 Å². The Kier molecular flexibility index (Phi) is 7.80. The molecule has 0 radical (unpaired) electrons. The van der Waals surface area contributed by atoms with E-state index in [1.54, 1.807) is 0 Å². The molecule has 0 heterocycles. The molecule has 0 atom stereocenters. The molecular formula is C8H17O5P. The Hall–Kier alpha value is -0.350. The monoisotopic (exact) mass is 224 g/mol. The van der Waals surface area contributed by atoms with E-state index in [4.69, 9.17) is 14.5 Å². The van der Waals surface area contributed by atoms with Crippen molar-refractivity contribution in [2.75, 3.05) is 13.2 Å². The molecule has 0 saturated carbocycles. The molecule has 6 heteroatoms. The molecule has 0 saturated heterocycles. The van der Waals surface area contributed by atoms with Crippen molar-refractivity contribution in [1.82, 2.24) is 0 Å². The zero-order valence-electron chi connectivity index (χ0n) is 8.09. The molecule has 0 amide bonds. The first-order valence-corrected chi connectivity index (χ1v) is 6.02. The second-order valence-electron chi connectivity index (χ2n) is 2.78. The average molecular weight is 224 g/mol. The number of phosphoric ester groups is 1. The van der Waals surface area contributed by atoms with Crippen molar-refractivity contribution in [3.8, 4) is 0 Å². The van der Waals surface area contributed by atoms with Crippen molar-refractivity contribution in [2.45, 2.75) is 25.7 Å².